The van der Waals surface area contributed by atoms with Crippen LogP contribution >= 0.6 is 0 Å². The predicted octanol–water partition coefficient (Wildman–Crippen LogP) is 5.13. The number of carbonyl (C=O) groups excluding carboxylic acids is 1. The molecular weight excluding hydrogens is 345 g/mol. The first-order chi connectivity index (χ1) is 12.9. The summed E-state index contributed by atoms with van der Waals surface area (Å²) in [5.41, 5.74) is 2.47. The summed E-state index contributed by atoms with van der Waals surface area (Å²) >= 11 is 0. The highest BCUT2D eigenvalue weighted by atomic mass is 19.1. The Morgan fingerprint density at radius 2 is 1.89 bits per heavy atom. The van der Waals surface area contributed by atoms with Crippen molar-refractivity contribution in [2.45, 2.75) is 19.4 Å². The van der Waals surface area contributed by atoms with Gasteiger partial charge in [0.15, 0.2) is 0 Å². The van der Waals surface area contributed by atoms with Crippen LogP contribution in [0.5, 0.6) is 0 Å². The molecule has 0 aliphatic carbocycles. The maximum Gasteiger partial charge on any atom is 0.260 e. The number of amides is 1. The monoisotopic (exact) mass is 361 g/mol. The first kappa shape index (κ1) is 15.9. The molecule has 0 saturated heterocycles. The van der Waals surface area contributed by atoms with E-state index in [-0.39, 0.29) is 5.91 Å². The number of furan rings is 1. The second-order valence-corrected chi connectivity index (χ2v) is 7.20. The second-order valence-electron chi connectivity index (χ2n) is 7.20. The number of hydrogen-bond acceptors (Lipinski definition) is 3. The molecular formula is C22H16FNO3. The van der Waals surface area contributed by atoms with E-state index >= 15 is 0 Å². The summed E-state index contributed by atoms with van der Waals surface area (Å²) in [5, 5.41) is 3.70. The van der Waals surface area contributed by atoms with Crippen LogP contribution in [0.25, 0.3) is 22.1 Å². The molecule has 0 saturated carbocycles. The molecule has 0 radical (unpaired) electrons. The van der Waals surface area contributed by atoms with Gasteiger partial charge in [-0.3, -0.25) is 4.79 Å². The lowest BCUT2D eigenvalue weighted by molar-refractivity contribution is -0.111. The molecule has 0 fully saturated rings. The van der Waals surface area contributed by atoms with Crippen LogP contribution in [-0.4, -0.2) is 11.5 Å². The Hall–Kier alpha value is -3.34. The van der Waals surface area contributed by atoms with Crippen molar-refractivity contribution in [1.29, 1.82) is 0 Å². The van der Waals surface area contributed by atoms with Crippen LogP contribution in [0.15, 0.2) is 64.8 Å². The minimum Gasteiger partial charge on any atom is -0.482 e. The molecule has 1 amide bonds. The van der Waals surface area contributed by atoms with Crippen LogP contribution in [0.1, 0.15) is 25.2 Å². The zero-order valence-electron chi connectivity index (χ0n) is 14.8. The molecule has 5 rings (SSSR count). The number of allylic oxidation sites excluding steroid dienone is 1. The van der Waals surface area contributed by atoms with Gasteiger partial charge in [0.1, 0.15) is 28.5 Å². The molecule has 1 N–H and O–H groups in total. The fraction of sp³-hybridized carbons (Fsp3) is 0.136. The third-order valence-corrected chi connectivity index (χ3v) is 4.95. The largest absolute Gasteiger partial charge is 0.482 e. The van der Waals surface area contributed by atoms with Gasteiger partial charge in [0.05, 0.1) is 11.3 Å². The van der Waals surface area contributed by atoms with E-state index in [0.29, 0.717) is 28.3 Å². The number of carbonyl (C=O) groups is 1. The number of halogens is 1. The molecule has 2 aliphatic rings. The van der Waals surface area contributed by atoms with Crippen molar-refractivity contribution in [2.24, 2.45) is 0 Å². The molecule has 134 valence electrons. The molecule has 2 aliphatic heterocycles. The average Bonchev–Trinajstić information content (AvgIpc) is 3.25. The summed E-state index contributed by atoms with van der Waals surface area (Å²) in [6.07, 6.45) is 1.84. The van der Waals surface area contributed by atoms with Crippen LogP contribution in [-0.2, 0) is 9.53 Å². The Morgan fingerprint density at radius 3 is 2.70 bits per heavy atom. The van der Waals surface area contributed by atoms with Crippen molar-refractivity contribution in [3.8, 4) is 0 Å². The lowest BCUT2D eigenvalue weighted by Crippen LogP contribution is -2.21. The number of benzene rings is 2. The number of rotatable bonds is 1. The van der Waals surface area contributed by atoms with Gasteiger partial charge in [0, 0.05) is 16.5 Å². The standard InChI is InChI=1S/C22H16FNO3/c1-22(2)15(18-9-12-5-3-4-6-17(12)26-18)11-19(27-22)20-14-8-7-13(23)10-16(14)24-21(20)25/h3-11H,1-2H3,(H,24,25). The topological polar surface area (TPSA) is 51.5 Å². The normalized spacial score (nSPS) is 20.4. The Kier molecular flexibility index (Phi) is 3.13. The van der Waals surface area contributed by atoms with Crippen molar-refractivity contribution in [3.05, 3.63) is 77.5 Å². The van der Waals surface area contributed by atoms with Gasteiger partial charge in [-0.15, -0.1) is 0 Å². The van der Waals surface area contributed by atoms with Crippen molar-refractivity contribution in [1.82, 2.24) is 0 Å². The number of ether oxygens (including phenoxy) is 1. The molecule has 0 spiro atoms. The number of fused-ring (bicyclic) bond motifs is 2. The molecule has 1 aromatic heterocycles. The van der Waals surface area contributed by atoms with Gasteiger partial charge in [-0.05, 0) is 50.3 Å². The van der Waals surface area contributed by atoms with Gasteiger partial charge < -0.3 is 14.5 Å². The van der Waals surface area contributed by atoms with Crippen molar-refractivity contribution < 1.29 is 18.3 Å². The number of nitrogens with one attached hydrogen (secondary N) is 1. The zero-order chi connectivity index (χ0) is 18.8. The zero-order valence-corrected chi connectivity index (χ0v) is 14.8. The van der Waals surface area contributed by atoms with Gasteiger partial charge in [0.2, 0.25) is 0 Å². The molecule has 5 heteroatoms. The van der Waals surface area contributed by atoms with Crippen molar-refractivity contribution >= 4 is 33.7 Å². The first-order valence-corrected chi connectivity index (χ1v) is 8.68. The van der Waals surface area contributed by atoms with Crippen molar-refractivity contribution in [3.63, 3.8) is 0 Å². The molecule has 27 heavy (non-hydrogen) atoms. The Balaban J connectivity index is 1.67. The summed E-state index contributed by atoms with van der Waals surface area (Å²) in [5.74, 6) is 0.461. The summed E-state index contributed by atoms with van der Waals surface area (Å²) < 4.78 is 25.6. The molecule has 3 heterocycles. The van der Waals surface area contributed by atoms with Gasteiger partial charge in [0.25, 0.3) is 5.91 Å². The van der Waals surface area contributed by atoms with Crippen molar-refractivity contribution in [2.75, 3.05) is 5.32 Å². The van der Waals surface area contributed by atoms with E-state index in [4.69, 9.17) is 9.15 Å². The number of para-hydroxylation sites is 1. The SMILES string of the molecule is CC1(C)OC(=C2C(=O)Nc3cc(F)ccc32)C=C1c1cc2ccccc2o1. The van der Waals surface area contributed by atoms with Gasteiger partial charge in [-0.25, -0.2) is 4.39 Å². The quantitative estimate of drug-likeness (QED) is 0.612. The maximum absolute atomic E-state index is 13.5. The average molecular weight is 361 g/mol. The van der Waals surface area contributed by atoms with Gasteiger partial charge >= 0.3 is 0 Å². The van der Waals surface area contributed by atoms with Gasteiger partial charge in [-0.2, -0.15) is 0 Å². The fourth-order valence-electron chi connectivity index (χ4n) is 3.66. The lowest BCUT2D eigenvalue weighted by Gasteiger charge is -2.22. The number of anilines is 1. The molecule has 2 aromatic carbocycles. The highest BCUT2D eigenvalue weighted by molar-refractivity contribution is 6.32. The van der Waals surface area contributed by atoms with Gasteiger partial charge in [-0.1, -0.05) is 18.2 Å². The minimum absolute atomic E-state index is 0.302. The lowest BCUT2D eigenvalue weighted by atomic mass is 9.96. The Morgan fingerprint density at radius 1 is 1.07 bits per heavy atom. The van der Waals surface area contributed by atoms with E-state index in [1.165, 1.54) is 12.1 Å². The predicted molar refractivity (Wildman–Crippen MR) is 101 cm³/mol. The summed E-state index contributed by atoms with van der Waals surface area (Å²) in [6.45, 7) is 3.86. The molecule has 4 nitrogen and oxygen atoms in total. The highest BCUT2D eigenvalue weighted by Crippen LogP contribution is 2.45. The molecule has 0 bridgehead atoms. The Bertz CT molecular complexity index is 1150. The summed E-state index contributed by atoms with van der Waals surface area (Å²) in [4.78, 5) is 12.5. The molecule has 3 aromatic rings. The van der Waals surface area contributed by atoms with Crippen LogP contribution in [0.3, 0.4) is 0 Å². The summed E-state index contributed by atoms with van der Waals surface area (Å²) in [6, 6.07) is 14.0. The van der Waals surface area contributed by atoms with Crippen LogP contribution < -0.4 is 5.32 Å². The Labute approximate surface area is 154 Å². The molecule has 0 atom stereocenters. The highest BCUT2D eigenvalue weighted by Gasteiger charge is 2.39. The van der Waals surface area contributed by atoms with E-state index in [1.54, 1.807) is 6.07 Å². The molecule has 0 unspecified atom stereocenters. The third kappa shape index (κ3) is 2.39. The summed E-state index contributed by atoms with van der Waals surface area (Å²) in [7, 11) is 0. The smallest absolute Gasteiger partial charge is 0.260 e. The van der Waals surface area contributed by atoms with Crippen LogP contribution in [0.4, 0.5) is 10.1 Å². The van der Waals surface area contributed by atoms with E-state index in [2.05, 4.69) is 5.32 Å². The first-order valence-electron chi connectivity index (χ1n) is 8.68. The van der Waals surface area contributed by atoms with E-state index < -0.39 is 11.4 Å². The van der Waals surface area contributed by atoms with E-state index in [9.17, 15) is 9.18 Å². The third-order valence-electron chi connectivity index (χ3n) is 4.95. The van der Waals surface area contributed by atoms with E-state index in [1.807, 2.05) is 50.3 Å². The number of hydrogen-bond donors (Lipinski definition) is 1. The second kappa shape index (κ2) is 5.33. The van der Waals surface area contributed by atoms with Crippen LogP contribution in [0, 0.1) is 5.82 Å². The van der Waals surface area contributed by atoms with E-state index in [0.717, 1.165) is 16.5 Å². The van der Waals surface area contributed by atoms with Crippen LogP contribution in [0.2, 0.25) is 0 Å². The fourth-order valence-corrected chi connectivity index (χ4v) is 3.66. The minimum atomic E-state index is -0.667. The maximum atomic E-state index is 13.5.